The Bertz CT molecular complexity index is 224. The summed E-state index contributed by atoms with van der Waals surface area (Å²) >= 11 is 3.70. The smallest absolute Gasteiger partial charge is 0.338 e. The highest BCUT2D eigenvalue weighted by Gasteiger charge is 2.09. The zero-order chi connectivity index (χ0) is 8.85. The van der Waals surface area contributed by atoms with E-state index in [1.165, 1.54) is 13.0 Å². The molecule has 0 aromatic rings. The molecule has 0 amide bonds. The zero-order valence-electron chi connectivity index (χ0n) is 5.77. The van der Waals surface area contributed by atoms with Crippen molar-refractivity contribution in [3.8, 4) is 0 Å². The third kappa shape index (κ3) is 4.73. The lowest BCUT2D eigenvalue weighted by atomic mass is 10.4. The highest BCUT2D eigenvalue weighted by molar-refractivity contribution is 8.43. The van der Waals surface area contributed by atoms with Gasteiger partial charge < -0.3 is 4.52 Å². The van der Waals surface area contributed by atoms with E-state index < -0.39 is 13.5 Å². The van der Waals surface area contributed by atoms with Crippen LogP contribution >= 0.6 is 19.7 Å². The van der Waals surface area contributed by atoms with Gasteiger partial charge in [0, 0.05) is 5.57 Å². The number of hydrogen-bond donors (Lipinski definition) is 1. The van der Waals surface area contributed by atoms with Gasteiger partial charge in [-0.15, -0.1) is 4.76 Å². The van der Waals surface area contributed by atoms with Gasteiger partial charge in [0.25, 0.3) is 7.50 Å². The molecule has 1 atom stereocenters. The van der Waals surface area contributed by atoms with Crippen LogP contribution in [0, 0.1) is 0 Å². The lowest BCUT2D eigenvalue weighted by Crippen LogP contribution is -1.98. The molecule has 0 saturated carbocycles. The normalized spacial score (nSPS) is 11.1. The molecule has 0 rings (SSSR count). The maximum Gasteiger partial charge on any atom is 0.338 e. The molecule has 0 radical (unpaired) electrons. The van der Waals surface area contributed by atoms with Crippen LogP contribution in [0.1, 0.15) is 6.92 Å². The first-order chi connectivity index (χ1) is 5.07. The third-order valence-electron chi connectivity index (χ3n) is 0.639. The highest BCUT2D eigenvalue weighted by Crippen LogP contribution is 2.43. The minimum atomic E-state index is -1.67. The second-order valence-corrected chi connectivity index (χ2v) is 3.52. The van der Waals surface area contributed by atoms with Gasteiger partial charge in [-0.2, -0.15) is 0 Å². The number of carbonyl (C=O) groups excluding carboxylic acids is 2. The Morgan fingerprint density at radius 2 is 2.36 bits per heavy atom. The minimum Gasteiger partial charge on any atom is -0.408 e. The average molecular weight is 191 g/mol. The summed E-state index contributed by atoms with van der Waals surface area (Å²) in [6, 6.07) is 0. The molecular weight excluding hydrogens is 185 g/mol. The number of thiol groups is 1. The number of nitrogens with zero attached hydrogens (tertiary/aromatic N) is 1. The van der Waals surface area contributed by atoms with E-state index in [-0.39, 0.29) is 5.57 Å². The van der Waals surface area contributed by atoms with Gasteiger partial charge in [-0.25, -0.2) is 9.59 Å². The van der Waals surface area contributed by atoms with Crippen molar-refractivity contribution < 1.29 is 14.1 Å². The average Bonchev–Trinajstić information content (AvgIpc) is 1.87. The van der Waals surface area contributed by atoms with Crippen molar-refractivity contribution in [2.45, 2.75) is 6.92 Å². The predicted octanol–water partition coefficient (Wildman–Crippen LogP) is 1.60. The first kappa shape index (κ1) is 10.4. The molecule has 60 valence electrons. The predicted molar refractivity (Wildman–Crippen MR) is 44.9 cm³/mol. The van der Waals surface area contributed by atoms with Crippen molar-refractivity contribution in [3.05, 3.63) is 12.2 Å². The first-order valence-corrected chi connectivity index (χ1v) is 4.89. The van der Waals surface area contributed by atoms with Crippen LogP contribution in [-0.4, -0.2) is 12.0 Å². The Hall–Kier alpha value is -0.630. The van der Waals surface area contributed by atoms with E-state index in [9.17, 15) is 9.59 Å². The zero-order valence-corrected chi connectivity index (χ0v) is 7.56. The minimum absolute atomic E-state index is 0.243. The van der Waals surface area contributed by atoms with Gasteiger partial charge in [-0.05, 0) is 6.92 Å². The molecule has 0 N–H and O–H groups in total. The summed E-state index contributed by atoms with van der Waals surface area (Å²) in [6.45, 7) is 4.82. The van der Waals surface area contributed by atoms with E-state index >= 15 is 0 Å². The van der Waals surface area contributed by atoms with Crippen LogP contribution in [0.25, 0.3) is 0 Å². The number of carbonyl (C=O) groups is 1. The third-order valence-corrected chi connectivity index (χ3v) is 1.73. The maximum absolute atomic E-state index is 10.7. The van der Waals surface area contributed by atoms with E-state index in [1.54, 1.807) is 0 Å². The quantitative estimate of drug-likeness (QED) is 0.242. The summed E-state index contributed by atoms with van der Waals surface area (Å²) in [5, 5.41) is 0. The summed E-state index contributed by atoms with van der Waals surface area (Å²) in [4.78, 5) is 20.3. The molecule has 0 heterocycles. The summed E-state index contributed by atoms with van der Waals surface area (Å²) < 4.78 is 7.60. The molecule has 0 aliphatic heterocycles. The molecule has 0 fully saturated rings. The molecular formula is C5H6NO3PS. The molecule has 11 heavy (non-hydrogen) atoms. The van der Waals surface area contributed by atoms with Crippen LogP contribution in [0.2, 0.25) is 0 Å². The lowest BCUT2D eigenvalue weighted by molar-refractivity contribution is -0.129. The monoisotopic (exact) mass is 191 g/mol. The first-order valence-electron chi connectivity index (χ1n) is 2.52. The van der Waals surface area contributed by atoms with Crippen LogP contribution < -0.4 is 0 Å². The number of isocyanates is 1. The van der Waals surface area contributed by atoms with Crippen LogP contribution in [-0.2, 0) is 14.1 Å². The van der Waals surface area contributed by atoms with Crippen LogP contribution in [0.15, 0.2) is 16.9 Å². The summed E-state index contributed by atoms with van der Waals surface area (Å²) in [7, 11) is -1.67. The highest BCUT2D eigenvalue weighted by atomic mass is 32.7. The van der Waals surface area contributed by atoms with Gasteiger partial charge in [0.1, 0.15) is 0 Å². The summed E-state index contributed by atoms with van der Waals surface area (Å²) in [6.07, 6.45) is 1.23. The second kappa shape index (κ2) is 5.08. The van der Waals surface area contributed by atoms with Gasteiger partial charge in [0.2, 0.25) is 6.08 Å². The van der Waals surface area contributed by atoms with Gasteiger partial charge in [-0.1, -0.05) is 18.8 Å². The van der Waals surface area contributed by atoms with Crippen LogP contribution in [0.5, 0.6) is 0 Å². The number of hydrogen-bond acceptors (Lipinski definition) is 5. The van der Waals surface area contributed by atoms with Gasteiger partial charge in [-0.3, -0.25) is 0 Å². The van der Waals surface area contributed by atoms with Crippen molar-refractivity contribution >= 4 is 31.8 Å². The molecule has 1 unspecified atom stereocenters. The van der Waals surface area contributed by atoms with Crippen molar-refractivity contribution in [2.24, 2.45) is 4.76 Å². The summed E-state index contributed by atoms with van der Waals surface area (Å²) in [5.41, 5.74) is 0.243. The Labute approximate surface area is 70.4 Å². The van der Waals surface area contributed by atoms with Crippen molar-refractivity contribution in [3.63, 3.8) is 0 Å². The van der Waals surface area contributed by atoms with Crippen molar-refractivity contribution in [2.75, 3.05) is 0 Å². The van der Waals surface area contributed by atoms with Gasteiger partial charge in [0.05, 0.1) is 0 Å². The van der Waals surface area contributed by atoms with Crippen molar-refractivity contribution in [1.29, 1.82) is 0 Å². The molecule has 6 heteroatoms. The Balaban J connectivity index is 3.94. The standard InChI is InChI=1S/C5H6NO3PS/c1-4(2)5(8)9-10(11)6-3-7/h11H,1H2,2H3. The lowest BCUT2D eigenvalue weighted by Gasteiger charge is -2.02. The molecule has 0 spiro atoms. The Morgan fingerprint density at radius 3 is 2.73 bits per heavy atom. The second-order valence-electron chi connectivity index (χ2n) is 1.60. The number of rotatable bonds is 3. The molecule has 4 nitrogen and oxygen atoms in total. The van der Waals surface area contributed by atoms with Gasteiger partial charge >= 0.3 is 5.97 Å². The van der Waals surface area contributed by atoms with Gasteiger partial charge in [0.15, 0.2) is 0 Å². The van der Waals surface area contributed by atoms with Crippen molar-refractivity contribution in [1.82, 2.24) is 0 Å². The largest absolute Gasteiger partial charge is 0.408 e. The van der Waals surface area contributed by atoms with Crippen LogP contribution in [0.3, 0.4) is 0 Å². The molecule has 0 aromatic heterocycles. The fraction of sp³-hybridized carbons (Fsp3) is 0.200. The Morgan fingerprint density at radius 1 is 1.82 bits per heavy atom. The summed E-state index contributed by atoms with van der Waals surface area (Å²) in [5.74, 6) is -0.606. The molecule has 0 aliphatic carbocycles. The fourth-order valence-corrected chi connectivity index (χ4v) is 0.954. The van der Waals surface area contributed by atoms with E-state index in [2.05, 4.69) is 28.1 Å². The topological polar surface area (TPSA) is 55.7 Å². The maximum atomic E-state index is 10.7. The van der Waals surface area contributed by atoms with E-state index in [1.807, 2.05) is 0 Å². The van der Waals surface area contributed by atoms with E-state index in [0.29, 0.717) is 0 Å². The van der Waals surface area contributed by atoms with Crippen LogP contribution in [0.4, 0.5) is 0 Å². The van der Waals surface area contributed by atoms with E-state index in [0.717, 1.165) is 0 Å². The molecule has 0 aliphatic rings. The Kier molecular flexibility index (Phi) is 4.79. The SMILES string of the molecule is C=C(C)C(=O)OP(S)N=C=O. The molecule has 0 saturated heterocycles. The molecule has 0 aromatic carbocycles. The fourth-order valence-electron chi connectivity index (χ4n) is 0.207. The van der Waals surface area contributed by atoms with E-state index in [4.69, 9.17) is 0 Å². The molecule has 0 bridgehead atoms.